The maximum atomic E-state index is 9.70. The highest BCUT2D eigenvalue weighted by Crippen LogP contribution is 1.99. The number of carbonyl (C=O) groups is 1. The standard InChI is InChI=1S/C8H11ClO/c9-7-5-3-1-2-4-6-8-10/h8H,1-3,5,7H2. The lowest BCUT2D eigenvalue weighted by Gasteiger charge is -1.89. The topological polar surface area (TPSA) is 17.1 Å². The van der Waals surface area contributed by atoms with Crippen LogP contribution in [0.25, 0.3) is 0 Å². The predicted molar refractivity (Wildman–Crippen MR) is 43.0 cm³/mol. The van der Waals surface area contributed by atoms with Crippen LogP contribution in [0.3, 0.4) is 0 Å². The van der Waals surface area contributed by atoms with Gasteiger partial charge >= 0.3 is 0 Å². The van der Waals surface area contributed by atoms with Gasteiger partial charge < -0.3 is 0 Å². The second-order valence-electron chi connectivity index (χ2n) is 1.94. The summed E-state index contributed by atoms with van der Waals surface area (Å²) in [5, 5.41) is 0. The summed E-state index contributed by atoms with van der Waals surface area (Å²) >= 11 is 5.45. The molecule has 56 valence electrons. The molecule has 1 nitrogen and oxygen atoms in total. The molecule has 0 atom stereocenters. The Morgan fingerprint density at radius 2 is 2.10 bits per heavy atom. The number of alkyl halides is 1. The lowest BCUT2D eigenvalue weighted by atomic mass is 10.2. The van der Waals surface area contributed by atoms with Gasteiger partial charge in [-0.15, -0.1) is 11.6 Å². The van der Waals surface area contributed by atoms with Crippen LogP contribution in [0.15, 0.2) is 0 Å². The first-order chi connectivity index (χ1) is 4.91. The lowest BCUT2D eigenvalue weighted by Crippen LogP contribution is -1.76. The van der Waals surface area contributed by atoms with Crippen molar-refractivity contribution in [1.82, 2.24) is 0 Å². The van der Waals surface area contributed by atoms with Gasteiger partial charge in [-0.3, -0.25) is 4.79 Å². The molecule has 0 saturated carbocycles. The van der Waals surface area contributed by atoms with Gasteiger partial charge in [0.05, 0.1) is 0 Å². The minimum atomic E-state index is 0.627. The Labute approximate surface area is 66.8 Å². The molecule has 0 aromatic rings. The fraction of sp³-hybridized carbons (Fsp3) is 0.625. The van der Waals surface area contributed by atoms with E-state index in [4.69, 9.17) is 11.6 Å². The molecule has 0 aromatic carbocycles. The number of unbranched alkanes of at least 4 members (excludes halogenated alkanes) is 3. The van der Waals surface area contributed by atoms with Crippen molar-refractivity contribution in [3.63, 3.8) is 0 Å². The minimum absolute atomic E-state index is 0.627. The van der Waals surface area contributed by atoms with E-state index < -0.39 is 0 Å². The summed E-state index contributed by atoms with van der Waals surface area (Å²) in [6.45, 7) is 0. The summed E-state index contributed by atoms with van der Waals surface area (Å²) in [6.07, 6.45) is 4.64. The molecule has 0 fully saturated rings. The highest BCUT2D eigenvalue weighted by molar-refractivity contribution is 6.17. The number of hydrogen-bond donors (Lipinski definition) is 0. The van der Waals surface area contributed by atoms with Gasteiger partial charge in [0.1, 0.15) is 0 Å². The third-order valence-corrected chi connectivity index (χ3v) is 1.36. The Bertz CT molecular complexity index is 132. The smallest absolute Gasteiger partial charge is 0.192 e. The monoisotopic (exact) mass is 158 g/mol. The molecule has 0 saturated heterocycles. The van der Waals surface area contributed by atoms with Crippen LogP contribution in [0.4, 0.5) is 0 Å². The molecule has 0 aromatic heterocycles. The van der Waals surface area contributed by atoms with E-state index in [1.807, 2.05) is 0 Å². The second kappa shape index (κ2) is 8.52. The quantitative estimate of drug-likeness (QED) is 0.265. The average Bonchev–Trinajstić information content (AvgIpc) is 1.97. The van der Waals surface area contributed by atoms with Crippen LogP contribution in [0, 0.1) is 11.8 Å². The molecule has 0 radical (unpaired) electrons. The van der Waals surface area contributed by atoms with Gasteiger partial charge in [0.15, 0.2) is 6.29 Å². The molecular formula is C8H11ClO. The van der Waals surface area contributed by atoms with Crippen LogP contribution in [0.2, 0.25) is 0 Å². The SMILES string of the molecule is O=CC#CCCCCCCl. The molecule has 0 unspecified atom stereocenters. The highest BCUT2D eigenvalue weighted by Gasteiger charge is 1.83. The number of carbonyl (C=O) groups excluding carboxylic acids is 1. The molecule has 0 rings (SSSR count). The van der Waals surface area contributed by atoms with Gasteiger partial charge in [0, 0.05) is 12.3 Å². The summed E-state index contributed by atoms with van der Waals surface area (Å²) in [5.41, 5.74) is 0. The second-order valence-corrected chi connectivity index (χ2v) is 2.32. The summed E-state index contributed by atoms with van der Waals surface area (Å²) in [5.74, 6) is 5.82. The summed E-state index contributed by atoms with van der Waals surface area (Å²) < 4.78 is 0. The van der Waals surface area contributed by atoms with E-state index in [0.717, 1.165) is 31.6 Å². The van der Waals surface area contributed by atoms with E-state index >= 15 is 0 Å². The van der Waals surface area contributed by atoms with Crippen LogP contribution in [-0.2, 0) is 4.79 Å². The molecule has 0 aliphatic rings. The molecule has 0 amide bonds. The first-order valence-corrected chi connectivity index (χ1v) is 3.93. The van der Waals surface area contributed by atoms with Crippen molar-refractivity contribution in [3.8, 4) is 11.8 Å². The number of hydrogen-bond acceptors (Lipinski definition) is 1. The Balaban J connectivity index is 2.97. The average molecular weight is 159 g/mol. The Kier molecular flexibility index (Phi) is 8.11. The molecule has 0 spiro atoms. The third kappa shape index (κ3) is 7.52. The largest absolute Gasteiger partial charge is 0.289 e. The zero-order valence-corrected chi connectivity index (χ0v) is 6.66. The summed E-state index contributed by atoms with van der Waals surface area (Å²) in [4.78, 5) is 9.70. The van der Waals surface area contributed by atoms with Gasteiger partial charge in [-0.05, 0) is 18.8 Å². The van der Waals surface area contributed by atoms with Crippen molar-refractivity contribution in [2.75, 3.05) is 5.88 Å². The number of aldehydes is 1. The fourth-order valence-electron chi connectivity index (χ4n) is 0.598. The zero-order chi connectivity index (χ0) is 7.66. The summed E-state index contributed by atoms with van der Waals surface area (Å²) in [7, 11) is 0. The molecule has 0 aliphatic heterocycles. The molecular weight excluding hydrogens is 148 g/mol. The molecule has 0 N–H and O–H groups in total. The lowest BCUT2D eigenvalue weighted by molar-refractivity contribution is -0.103. The van der Waals surface area contributed by atoms with Crippen LogP contribution in [0.1, 0.15) is 25.7 Å². The van der Waals surface area contributed by atoms with Crippen LogP contribution < -0.4 is 0 Å². The van der Waals surface area contributed by atoms with E-state index in [1.165, 1.54) is 0 Å². The third-order valence-electron chi connectivity index (χ3n) is 1.10. The molecule has 10 heavy (non-hydrogen) atoms. The molecule has 0 bridgehead atoms. The first kappa shape index (κ1) is 9.52. The van der Waals surface area contributed by atoms with E-state index in [-0.39, 0.29) is 0 Å². The van der Waals surface area contributed by atoms with Crippen molar-refractivity contribution in [2.24, 2.45) is 0 Å². The van der Waals surface area contributed by atoms with Crippen molar-refractivity contribution < 1.29 is 4.79 Å². The van der Waals surface area contributed by atoms with Gasteiger partial charge in [-0.1, -0.05) is 12.3 Å². The predicted octanol–water partition coefficient (Wildman–Crippen LogP) is 1.99. The van der Waals surface area contributed by atoms with E-state index in [1.54, 1.807) is 0 Å². The number of halogens is 1. The molecule has 0 aliphatic carbocycles. The molecule has 2 heteroatoms. The Morgan fingerprint density at radius 1 is 1.30 bits per heavy atom. The van der Waals surface area contributed by atoms with Crippen molar-refractivity contribution in [3.05, 3.63) is 0 Å². The van der Waals surface area contributed by atoms with Gasteiger partial charge in [0.25, 0.3) is 0 Å². The fourth-order valence-corrected chi connectivity index (χ4v) is 0.787. The normalized spacial score (nSPS) is 8.10. The van der Waals surface area contributed by atoms with Crippen molar-refractivity contribution in [2.45, 2.75) is 25.7 Å². The molecule has 0 heterocycles. The van der Waals surface area contributed by atoms with Crippen molar-refractivity contribution >= 4 is 17.9 Å². The van der Waals surface area contributed by atoms with Gasteiger partial charge in [-0.2, -0.15) is 0 Å². The highest BCUT2D eigenvalue weighted by atomic mass is 35.5. The van der Waals surface area contributed by atoms with E-state index in [9.17, 15) is 4.79 Å². The van der Waals surface area contributed by atoms with Gasteiger partial charge in [-0.25, -0.2) is 0 Å². The number of rotatable bonds is 4. The van der Waals surface area contributed by atoms with Crippen LogP contribution >= 0.6 is 11.6 Å². The Morgan fingerprint density at radius 3 is 2.70 bits per heavy atom. The van der Waals surface area contributed by atoms with E-state index in [0.29, 0.717) is 6.29 Å². The maximum Gasteiger partial charge on any atom is 0.192 e. The van der Waals surface area contributed by atoms with Crippen LogP contribution in [-0.4, -0.2) is 12.2 Å². The van der Waals surface area contributed by atoms with Gasteiger partial charge in [0.2, 0.25) is 0 Å². The maximum absolute atomic E-state index is 9.70. The van der Waals surface area contributed by atoms with Crippen LogP contribution in [0.5, 0.6) is 0 Å². The minimum Gasteiger partial charge on any atom is -0.289 e. The summed E-state index contributed by atoms with van der Waals surface area (Å²) in [6, 6.07) is 0. The zero-order valence-electron chi connectivity index (χ0n) is 5.90. The Hall–Kier alpha value is -0.480. The first-order valence-electron chi connectivity index (χ1n) is 3.40. The van der Waals surface area contributed by atoms with E-state index in [2.05, 4.69) is 11.8 Å². The van der Waals surface area contributed by atoms with Crippen molar-refractivity contribution in [1.29, 1.82) is 0 Å².